The van der Waals surface area contributed by atoms with Gasteiger partial charge in [-0.25, -0.2) is 0 Å². The van der Waals surface area contributed by atoms with E-state index in [1.165, 1.54) is 43.2 Å². The van der Waals surface area contributed by atoms with Crippen molar-refractivity contribution in [2.24, 2.45) is 11.3 Å². The zero-order valence-corrected chi connectivity index (χ0v) is 16.3. The van der Waals surface area contributed by atoms with Crippen LogP contribution in [0.2, 0.25) is 0 Å². The summed E-state index contributed by atoms with van der Waals surface area (Å²) in [6.45, 7) is 6.66. The molecule has 1 N–H and O–H groups in total. The van der Waals surface area contributed by atoms with Crippen LogP contribution in [0.15, 0.2) is 18.2 Å². The minimum Gasteiger partial charge on any atom is -0.457 e. The maximum Gasteiger partial charge on any atom is 0.314 e. The molecule has 1 saturated carbocycles. The van der Waals surface area contributed by atoms with Crippen LogP contribution in [-0.2, 0) is 21.4 Å². The number of rotatable bonds is 3. The molecular weight excluding hydrogens is 326 g/mol. The fourth-order valence-corrected chi connectivity index (χ4v) is 5.36. The van der Waals surface area contributed by atoms with Crippen molar-refractivity contribution in [2.45, 2.75) is 70.8 Å². The van der Waals surface area contributed by atoms with Crippen LogP contribution in [0.5, 0.6) is 5.75 Å². The molecule has 1 aromatic carbocycles. The van der Waals surface area contributed by atoms with E-state index >= 15 is 0 Å². The summed E-state index contributed by atoms with van der Waals surface area (Å²) in [5.74, 6) is 1.34. The van der Waals surface area contributed by atoms with E-state index in [-0.39, 0.29) is 12.8 Å². The third-order valence-electron chi connectivity index (χ3n) is 6.65. The summed E-state index contributed by atoms with van der Waals surface area (Å²) in [5.41, 5.74) is 2.79. The Balaban J connectivity index is 1.54. The van der Waals surface area contributed by atoms with Crippen molar-refractivity contribution >= 4 is 5.97 Å². The summed E-state index contributed by atoms with van der Waals surface area (Å²) >= 11 is 0. The van der Waals surface area contributed by atoms with E-state index in [1.54, 1.807) is 0 Å². The lowest BCUT2D eigenvalue weighted by Crippen LogP contribution is -2.59. The molecule has 4 nitrogen and oxygen atoms in total. The highest BCUT2D eigenvalue weighted by atomic mass is 16.7. The van der Waals surface area contributed by atoms with Gasteiger partial charge in [-0.1, -0.05) is 18.9 Å². The summed E-state index contributed by atoms with van der Waals surface area (Å²) in [7, 11) is 0. The van der Waals surface area contributed by atoms with Crippen LogP contribution in [0.25, 0.3) is 0 Å². The molecule has 1 aliphatic heterocycles. The van der Waals surface area contributed by atoms with Crippen LogP contribution in [0.1, 0.15) is 64.0 Å². The van der Waals surface area contributed by atoms with Gasteiger partial charge in [-0.2, -0.15) is 0 Å². The minimum absolute atomic E-state index is 0.0184. The second-order valence-corrected chi connectivity index (χ2v) is 9.29. The molecule has 0 spiro atoms. The van der Waals surface area contributed by atoms with E-state index in [4.69, 9.17) is 9.47 Å². The van der Waals surface area contributed by atoms with Crippen molar-refractivity contribution in [3.05, 3.63) is 29.3 Å². The number of carbonyl (C=O) groups is 1. The quantitative estimate of drug-likeness (QED) is 0.657. The number of piperidine rings is 1. The molecule has 1 heterocycles. The van der Waals surface area contributed by atoms with Gasteiger partial charge in [0.1, 0.15) is 5.75 Å². The second kappa shape index (κ2) is 6.56. The zero-order chi connectivity index (χ0) is 18.4. The fourth-order valence-electron chi connectivity index (χ4n) is 5.36. The molecule has 0 unspecified atom stereocenters. The standard InChI is InChI=1S/C22H31NO3/c1-21(2,3)20(24)26-14-25-16-8-7-15-12-19-17-6-4-5-9-22(17,10-11-23-19)18(15)13-16/h7-8,13,17,19,23H,4-6,9-12,14H2,1-3H3/t17-,19-,22+/m1/s1. The Morgan fingerprint density at radius 2 is 2.12 bits per heavy atom. The molecule has 4 rings (SSSR count). The number of carbonyl (C=O) groups excluding carboxylic acids is 1. The first-order valence-electron chi connectivity index (χ1n) is 10.1. The van der Waals surface area contributed by atoms with Crippen LogP contribution in [-0.4, -0.2) is 25.3 Å². The van der Waals surface area contributed by atoms with Gasteiger partial charge in [0.15, 0.2) is 0 Å². The summed E-state index contributed by atoms with van der Waals surface area (Å²) < 4.78 is 11.1. The first kappa shape index (κ1) is 17.8. The van der Waals surface area contributed by atoms with E-state index in [9.17, 15) is 4.79 Å². The van der Waals surface area contributed by atoms with Crippen molar-refractivity contribution < 1.29 is 14.3 Å². The largest absolute Gasteiger partial charge is 0.457 e. The first-order chi connectivity index (χ1) is 12.4. The molecule has 2 fully saturated rings. The number of hydrogen-bond acceptors (Lipinski definition) is 4. The van der Waals surface area contributed by atoms with E-state index in [0.29, 0.717) is 11.5 Å². The summed E-state index contributed by atoms with van der Waals surface area (Å²) in [6, 6.07) is 7.12. The third kappa shape index (κ3) is 3.02. The Bertz CT molecular complexity index is 689. The van der Waals surface area contributed by atoms with Crippen molar-refractivity contribution in [3.63, 3.8) is 0 Å². The van der Waals surface area contributed by atoms with Gasteiger partial charge < -0.3 is 14.8 Å². The molecule has 1 saturated heterocycles. The summed E-state index contributed by atoms with van der Waals surface area (Å²) in [5, 5.41) is 3.77. The highest BCUT2D eigenvalue weighted by molar-refractivity contribution is 5.75. The number of fused-ring (bicyclic) bond motifs is 1. The molecule has 142 valence electrons. The highest BCUT2D eigenvalue weighted by Crippen LogP contribution is 2.54. The Hall–Kier alpha value is -1.55. The van der Waals surface area contributed by atoms with E-state index in [0.717, 1.165) is 24.6 Å². The van der Waals surface area contributed by atoms with Gasteiger partial charge in [-0.05, 0) is 82.2 Å². The summed E-state index contributed by atoms with van der Waals surface area (Å²) in [6.07, 6.45) is 7.68. The van der Waals surface area contributed by atoms with Crippen LogP contribution < -0.4 is 10.1 Å². The van der Waals surface area contributed by atoms with Gasteiger partial charge in [0, 0.05) is 11.5 Å². The first-order valence-corrected chi connectivity index (χ1v) is 10.1. The molecule has 3 atom stereocenters. The topological polar surface area (TPSA) is 47.6 Å². The van der Waals surface area contributed by atoms with Crippen LogP contribution in [0.3, 0.4) is 0 Å². The van der Waals surface area contributed by atoms with E-state index in [2.05, 4.69) is 17.4 Å². The van der Waals surface area contributed by atoms with Crippen molar-refractivity contribution in [2.75, 3.05) is 13.3 Å². The Morgan fingerprint density at radius 1 is 1.27 bits per heavy atom. The SMILES string of the molecule is CC(C)(C)C(=O)OCOc1ccc2c(c1)[C@]13CCCC[C@@H]1[C@@H](C2)NCC3. The average molecular weight is 357 g/mol. The zero-order valence-electron chi connectivity index (χ0n) is 16.3. The molecule has 0 aromatic heterocycles. The van der Waals surface area contributed by atoms with Gasteiger partial charge in [0.05, 0.1) is 5.41 Å². The number of benzene rings is 1. The predicted molar refractivity (Wildman–Crippen MR) is 101 cm³/mol. The number of hydrogen-bond donors (Lipinski definition) is 1. The van der Waals surface area contributed by atoms with Gasteiger partial charge in [-0.15, -0.1) is 0 Å². The maximum atomic E-state index is 11.9. The Morgan fingerprint density at radius 3 is 2.92 bits per heavy atom. The van der Waals surface area contributed by atoms with Crippen LogP contribution in [0, 0.1) is 11.3 Å². The number of ether oxygens (including phenoxy) is 2. The van der Waals surface area contributed by atoms with Gasteiger partial charge >= 0.3 is 5.97 Å². The lowest BCUT2D eigenvalue weighted by Gasteiger charge is -2.56. The van der Waals surface area contributed by atoms with Crippen molar-refractivity contribution in [1.82, 2.24) is 5.32 Å². The lowest BCUT2D eigenvalue weighted by atomic mass is 9.53. The van der Waals surface area contributed by atoms with E-state index < -0.39 is 5.41 Å². The summed E-state index contributed by atoms with van der Waals surface area (Å²) in [4.78, 5) is 11.9. The van der Waals surface area contributed by atoms with Crippen LogP contribution >= 0.6 is 0 Å². The Kier molecular flexibility index (Phi) is 4.50. The Labute approximate surface area is 156 Å². The molecule has 2 aliphatic carbocycles. The molecular formula is C22H31NO3. The monoisotopic (exact) mass is 357 g/mol. The van der Waals surface area contributed by atoms with Crippen molar-refractivity contribution in [3.8, 4) is 5.75 Å². The predicted octanol–water partition coefficient (Wildman–Crippen LogP) is 3.96. The van der Waals surface area contributed by atoms with Crippen molar-refractivity contribution in [1.29, 1.82) is 0 Å². The van der Waals surface area contributed by atoms with E-state index in [1.807, 2.05) is 26.8 Å². The fraction of sp³-hybridized carbons (Fsp3) is 0.682. The maximum absolute atomic E-state index is 11.9. The van der Waals surface area contributed by atoms with Gasteiger partial charge in [0.2, 0.25) is 6.79 Å². The highest BCUT2D eigenvalue weighted by Gasteiger charge is 2.51. The normalized spacial score (nSPS) is 30.1. The molecule has 1 aromatic rings. The molecule has 0 radical (unpaired) electrons. The molecule has 0 amide bonds. The molecule has 4 heteroatoms. The average Bonchev–Trinajstić information content (AvgIpc) is 2.61. The lowest BCUT2D eigenvalue weighted by molar-refractivity contribution is -0.159. The minimum atomic E-state index is -0.502. The number of nitrogens with one attached hydrogen (secondary N) is 1. The van der Waals surface area contributed by atoms with Crippen LogP contribution in [0.4, 0.5) is 0 Å². The smallest absolute Gasteiger partial charge is 0.314 e. The third-order valence-corrected chi connectivity index (χ3v) is 6.65. The molecule has 26 heavy (non-hydrogen) atoms. The van der Waals surface area contributed by atoms with Gasteiger partial charge in [0.25, 0.3) is 0 Å². The second-order valence-electron chi connectivity index (χ2n) is 9.29. The van der Waals surface area contributed by atoms with Gasteiger partial charge in [-0.3, -0.25) is 4.79 Å². The molecule has 2 bridgehead atoms. The number of esters is 1. The molecule has 3 aliphatic rings.